The number of nitrogens with zero attached hydrogens (tertiary/aromatic N) is 1. The van der Waals surface area contributed by atoms with Crippen LogP contribution in [0.4, 0.5) is 0 Å². The predicted octanol–water partition coefficient (Wildman–Crippen LogP) is 3.46. The number of rotatable bonds is 6. The normalized spacial score (nSPS) is 17.8. The number of ether oxygens (including phenoxy) is 2. The summed E-state index contributed by atoms with van der Waals surface area (Å²) in [5.74, 6) is 0. The quantitative estimate of drug-likeness (QED) is 0.817. The zero-order valence-electron chi connectivity index (χ0n) is 15.0. The molecule has 0 aliphatic carbocycles. The van der Waals surface area contributed by atoms with Crippen LogP contribution < -0.4 is 0 Å². The summed E-state index contributed by atoms with van der Waals surface area (Å²) in [7, 11) is 3.24. The monoisotopic (exact) mass is 341 g/mol. The van der Waals surface area contributed by atoms with Crippen molar-refractivity contribution in [3.63, 3.8) is 0 Å². The van der Waals surface area contributed by atoms with Gasteiger partial charge in [0.1, 0.15) is 0 Å². The zero-order chi connectivity index (χ0) is 17.7. The molecule has 0 atom stereocenters. The topological polar surface area (TPSA) is 41.9 Å². The molecule has 0 spiro atoms. The van der Waals surface area contributed by atoms with Crippen molar-refractivity contribution < 1.29 is 14.6 Å². The molecule has 25 heavy (non-hydrogen) atoms. The maximum atomic E-state index is 11.3. The molecule has 0 radical (unpaired) electrons. The standard InChI is InChI=1S/C21H27NO3/c1-24-20(25-2)18-10-6-7-11-19(18)21(23)12-14-22(15-13-21)16-17-8-4-3-5-9-17/h3-11,20,23H,12-16H2,1-2H3. The summed E-state index contributed by atoms with van der Waals surface area (Å²) in [6.45, 7) is 2.66. The van der Waals surface area contributed by atoms with Gasteiger partial charge in [0.25, 0.3) is 0 Å². The van der Waals surface area contributed by atoms with Gasteiger partial charge >= 0.3 is 0 Å². The number of piperidine rings is 1. The molecule has 4 nitrogen and oxygen atoms in total. The summed E-state index contributed by atoms with van der Waals surface area (Å²) in [5.41, 5.74) is 2.31. The number of aliphatic hydroxyl groups is 1. The summed E-state index contributed by atoms with van der Waals surface area (Å²) in [6, 6.07) is 18.4. The van der Waals surface area contributed by atoms with Gasteiger partial charge in [-0.05, 0) is 24.0 Å². The van der Waals surface area contributed by atoms with Crippen LogP contribution in [-0.2, 0) is 21.6 Å². The third-order valence-electron chi connectivity index (χ3n) is 5.08. The first-order valence-corrected chi connectivity index (χ1v) is 8.80. The van der Waals surface area contributed by atoms with E-state index in [0.29, 0.717) is 12.8 Å². The van der Waals surface area contributed by atoms with Crippen LogP contribution in [0, 0.1) is 0 Å². The minimum absolute atomic E-state index is 0.456. The molecule has 0 bridgehead atoms. The average Bonchev–Trinajstić information content (AvgIpc) is 2.66. The van der Waals surface area contributed by atoms with Gasteiger partial charge in [0, 0.05) is 39.4 Å². The van der Waals surface area contributed by atoms with E-state index in [1.165, 1.54) is 5.56 Å². The van der Waals surface area contributed by atoms with Crippen LogP contribution in [0.3, 0.4) is 0 Å². The molecule has 1 aliphatic rings. The first kappa shape index (κ1) is 18.1. The van der Waals surface area contributed by atoms with Gasteiger partial charge in [-0.3, -0.25) is 4.90 Å². The second-order valence-corrected chi connectivity index (χ2v) is 6.68. The van der Waals surface area contributed by atoms with E-state index in [0.717, 1.165) is 30.8 Å². The van der Waals surface area contributed by atoms with Crippen molar-refractivity contribution in [2.45, 2.75) is 31.3 Å². The fraction of sp³-hybridized carbons (Fsp3) is 0.429. The largest absolute Gasteiger partial charge is 0.385 e. The number of likely N-dealkylation sites (tertiary alicyclic amines) is 1. The second kappa shape index (κ2) is 8.11. The molecule has 0 saturated carbocycles. The zero-order valence-corrected chi connectivity index (χ0v) is 15.0. The highest BCUT2D eigenvalue weighted by Gasteiger charge is 2.36. The second-order valence-electron chi connectivity index (χ2n) is 6.68. The molecule has 0 unspecified atom stereocenters. The van der Waals surface area contributed by atoms with Crippen molar-refractivity contribution in [3.8, 4) is 0 Å². The Labute approximate surface area is 150 Å². The van der Waals surface area contributed by atoms with E-state index in [4.69, 9.17) is 9.47 Å². The van der Waals surface area contributed by atoms with Gasteiger partial charge in [-0.2, -0.15) is 0 Å². The van der Waals surface area contributed by atoms with Crippen LogP contribution in [0.15, 0.2) is 54.6 Å². The molecule has 1 aliphatic heterocycles. The van der Waals surface area contributed by atoms with Gasteiger partial charge in [0.05, 0.1) is 5.60 Å². The summed E-state index contributed by atoms with van der Waals surface area (Å²) in [4.78, 5) is 2.40. The van der Waals surface area contributed by atoms with Gasteiger partial charge in [-0.25, -0.2) is 0 Å². The van der Waals surface area contributed by atoms with Crippen molar-refractivity contribution in [3.05, 3.63) is 71.3 Å². The van der Waals surface area contributed by atoms with E-state index in [2.05, 4.69) is 29.2 Å². The van der Waals surface area contributed by atoms with E-state index in [1.54, 1.807) is 14.2 Å². The van der Waals surface area contributed by atoms with Crippen molar-refractivity contribution in [2.75, 3.05) is 27.3 Å². The maximum Gasteiger partial charge on any atom is 0.183 e. The molecule has 1 fully saturated rings. The van der Waals surface area contributed by atoms with E-state index in [-0.39, 0.29) is 0 Å². The number of hydrogen-bond acceptors (Lipinski definition) is 4. The van der Waals surface area contributed by atoms with Gasteiger partial charge in [0.15, 0.2) is 6.29 Å². The molecule has 1 saturated heterocycles. The Morgan fingerprint density at radius 1 is 0.960 bits per heavy atom. The fourth-order valence-corrected chi connectivity index (χ4v) is 3.67. The van der Waals surface area contributed by atoms with Crippen LogP contribution in [0.25, 0.3) is 0 Å². The SMILES string of the molecule is COC(OC)c1ccccc1C1(O)CCN(Cc2ccccc2)CC1. The summed E-state index contributed by atoms with van der Waals surface area (Å²) >= 11 is 0. The predicted molar refractivity (Wildman–Crippen MR) is 98.1 cm³/mol. The third-order valence-corrected chi connectivity index (χ3v) is 5.08. The first-order valence-electron chi connectivity index (χ1n) is 8.80. The molecule has 2 aromatic carbocycles. The van der Waals surface area contributed by atoms with Crippen molar-refractivity contribution in [1.29, 1.82) is 0 Å². The van der Waals surface area contributed by atoms with Crippen LogP contribution in [0.1, 0.15) is 35.8 Å². The van der Waals surface area contributed by atoms with E-state index >= 15 is 0 Å². The smallest absolute Gasteiger partial charge is 0.183 e. The van der Waals surface area contributed by atoms with Crippen LogP contribution >= 0.6 is 0 Å². The number of hydrogen-bond donors (Lipinski definition) is 1. The molecule has 134 valence electrons. The Morgan fingerprint density at radius 2 is 1.56 bits per heavy atom. The molecular weight excluding hydrogens is 314 g/mol. The highest BCUT2D eigenvalue weighted by molar-refractivity contribution is 5.34. The van der Waals surface area contributed by atoms with Gasteiger partial charge in [-0.1, -0.05) is 54.6 Å². The van der Waals surface area contributed by atoms with Gasteiger partial charge in [-0.15, -0.1) is 0 Å². The Hall–Kier alpha value is -1.72. The molecular formula is C21H27NO3. The first-order chi connectivity index (χ1) is 12.2. The number of methoxy groups -OCH3 is 2. The molecule has 0 aromatic heterocycles. The molecule has 2 aromatic rings. The lowest BCUT2D eigenvalue weighted by Crippen LogP contribution is -2.42. The van der Waals surface area contributed by atoms with Crippen molar-refractivity contribution >= 4 is 0 Å². The third kappa shape index (κ3) is 4.10. The molecule has 1 N–H and O–H groups in total. The Morgan fingerprint density at radius 3 is 2.20 bits per heavy atom. The van der Waals surface area contributed by atoms with E-state index in [9.17, 15) is 5.11 Å². The lowest BCUT2D eigenvalue weighted by Gasteiger charge is -2.40. The molecule has 0 amide bonds. The Balaban J connectivity index is 1.72. The van der Waals surface area contributed by atoms with E-state index in [1.807, 2.05) is 30.3 Å². The minimum Gasteiger partial charge on any atom is -0.385 e. The van der Waals surface area contributed by atoms with Crippen LogP contribution in [0.5, 0.6) is 0 Å². The van der Waals surface area contributed by atoms with Gasteiger partial charge in [0.2, 0.25) is 0 Å². The maximum absolute atomic E-state index is 11.3. The summed E-state index contributed by atoms with van der Waals surface area (Å²) < 4.78 is 10.8. The Bertz CT molecular complexity index is 662. The average molecular weight is 341 g/mol. The van der Waals surface area contributed by atoms with Crippen LogP contribution in [-0.4, -0.2) is 37.3 Å². The van der Waals surface area contributed by atoms with E-state index < -0.39 is 11.9 Å². The minimum atomic E-state index is -0.834. The Kier molecular flexibility index (Phi) is 5.86. The fourth-order valence-electron chi connectivity index (χ4n) is 3.67. The van der Waals surface area contributed by atoms with Crippen molar-refractivity contribution in [2.24, 2.45) is 0 Å². The lowest BCUT2D eigenvalue weighted by atomic mass is 9.81. The highest BCUT2D eigenvalue weighted by Crippen LogP contribution is 2.37. The van der Waals surface area contributed by atoms with Gasteiger partial charge < -0.3 is 14.6 Å². The highest BCUT2D eigenvalue weighted by atomic mass is 16.7. The summed E-state index contributed by atoms with van der Waals surface area (Å²) in [5, 5.41) is 11.3. The molecule has 1 heterocycles. The summed E-state index contributed by atoms with van der Waals surface area (Å²) in [6.07, 6.45) is 0.955. The number of benzene rings is 2. The lowest BCUT2D eigenvalue weighted by molar-refractivity contribution is -0.110. The molecule has 4 heteroatoms. The van der Waals surface area contributed by atoms with Crippen molar-refractivity contribution in [1.82, 2.24) is 4.90 Å². The molecule has 3 rings (SSSR count). The van der Waals surface area contributed by atoms with Crippen LogP contribution in [0.2, 0.25) is 0 Å².